The summed E-state index contributed by atoms with van der Waals surface area (Å²) in [6, 6.07) is 28.1. The number of thiophene rings is 1. The molecule has 0 unspecified atom stereocenters. The van der Waals surface area contributed by atoms with Crippen molar-refractivity contribution in [3.63, 3.8) is 0 Å². The second-order valence-electron chi connectivity index (χ2n) is 10.1. The molecule has 5 rings (SSSR count). The number of fused-ring (bicyclic) bond motifs is 1. The van der Waals surface area contributed by atoms with Gasteiger partial charge in [-0.15, -0.1) is 11.3 Å². The molecule has 1 aliphatic carbocycles. The van der Waals surface area contributed by atoms with Crippen LogP contribution in [-0.2, 0) is 17.9 Å². The molecule has 1 aromatic heterocycles. The zero-order chi connectivity index (χ0) is 26.3. The Morgan fingerprint density at radius 1 is 0.842 bits per heavy atom. The summed E-state index contributed by atoms with van der Waals surface area (Å²) in [5.74, 6) is -0.0291. The highest BCUT2D eigenvalue weighted by Crippen LogP contribution is 2.27. The first-order chi connectivity index (χ1) is 18.6. The quantitative estimate of drug-likeness (QED) is 0.257. The fourth-order valence-corrected chi connectivity index (χ4v) is 6.23. The number of amides is 3. The number of carbonyl (C=O) groups is 2. The highest BCUT2D eigenvalue weighted by atomic mass is 32.1. The predicted molar refractivity (Wildman–Crippen MR) is 156 cm³/mol. The van der Waals surface area contributed by atoms with Gasteiger partial charge in [0.1, 0.15) is 6.54 Å². The molecule has 3 amide bonds. The van der Waals surface area contributed by atoms with Crippen LogP contribution in [0.5, 0.6) is 0 Å². The van der Waals surface area contributed by atoms with Crippen LogP contribution in [0.3, 0.4) is 0 Å². The molecular weight excluding hydrogens is 490 g/mol. The van der Waals surface area contributed by atoms with E-state index in [0.717, 1.165) is 52.6 Å². The van der Waals surface area contributed by atoms with Gasteiger partial charge in [0.05, 0.1) is 12.2 Å². The lowest BCUT2D eigenvalue weighted by Gasteiger charge is -2.35. The SMILES string of the molecule is Cc1ccc(CN(Cc2ccccc2)C(=O)CN(C(=O)Nc2cccc3ccccc23)C2CCCCC2)s1. The summed E-state index contributed by atoms with van der Waals surface area (Å²) in [5.41, 5.74) is 1.86. The second kappa shape index (κ2) is 12.3. The van der Waals surface area contributed by atoms with Crippen molar-refractivity contribution in [3.8, 4) is 0 Å². The van der Waals surface area contributed by atoms with E-state index in [0.29, 0.717) is 13.1 Å². The Hall–Kier alpha value is -3.64. The average Bonchev–Trinajstić information content (AvgIpc) is 3.36. The van der Waals surface area contributed by atoms with Crippen molar-refractivity contribution in [1.82, 2.24) is 9.80 Å². The molecule has 6 heteroatoms. The molecule has 1 fully saturated rings. The Morgan fingerprint density at radius 3 is 2.34 bits per heavy atom. The number of benzene rings is 3. The minimum Gasteiger partial charge on any atom is -0.332 e. The monoisotopic (exact) mass is 525 g/mol. The molecule has 38 heavy (non-hydrogen) atoms. The maximum atomic E-state index is 13.9. The molecule has 4 aromatic rings. The van der Waals surface area contributed by atoms with E-state index < -0.39 is 0 Å². The minimum atomic E-state index is -0.201. The Kier molecular flexibility index (Phi) is 8.39. The van der Waals surface area contributed by atoms with Gasteiger partial charge < -0.3 is 15.1 Å². The van der Waals surface area contributed by atoms with Gasteiger partial charge in [0.25, 0.3) is 0 Å². The van der Waals surface area contributed by atoms with Crippen molar-refractivity contribution >= 4 is 39.7 Å². The zero-order valence-corrected chi connectivity index (χ0v) is 22.8. The van der Waals surface area contributed by atoms with Crippen LogP contribution in [0.4, 0.5) is 10.5 Å². The van der Waals surface area contributed by atoms with Gasteiger partial charge in [0.2, 0.25) is 5.91 Å². The molecule has 0 bridgehead atoms. The molecule has 0 atom stereocenters. The summed E-state index contributed by atoms with van der Waals surface area (Å²) in [6.07, 6.45) is 5.21. The summed E-state index contributed by atoms with van der Waals surface area (Å²) >= 11 is 1.71. The van der Waals surface area contributed by atoms with Gasteiger partial charge in [-0.3, -0.25) is 4.79 Å². The molecule has 0 spiro atoms. The van der Waals surface area contributed by atoms with E-state index in [1.165, 1.54) is 11.3 Å². The second-order valence-corrected chi connectivity index (χ2v) is 11.5. The number of nitrogens with one attached hydrogen (secondary N) is 1. The summed E-state index contributed by atoms with van der Waals surface area (Å²) in [4.78, 5) is 33.7. The van der Waals surface area contributed by atoms with E-state index in [2.05, 4.69) is 24.4 Å². The van der Waals surface area contributed by atoms with Crippen molar-refractivity contribution in [2.24, 2.45) is 0 Å². The van der Waals surface area contributed by atoms with E-state index >= 15 is 0 Å². The van der Waals surface area contributed by atoms with Crippen LogP contribution < -0.4 is 5.32 Å². The molecule has 3 aromatic carbocycles. The summed E-state index contributed by atoms with van der Waals surface area (Å²) in [6.45, 7) is 3.20. The van der Waals surface area contributed by atoms with E-state index in [4.69, 9.17) is 0 Å². The molecule has 196 valence electrons. The Morgan fingerprint density at radius 2 is 1.58 bits per heavy atom. The van der Waals surface area contributed by atoms with E-state index in [1.807, 2.05) is 77.7 Å². The van der Waals surface area contributed by atoms with E-state index in [9.17, 15) is 9.59 Å². The van der Waals surface area contributed by atoms with Crippen LogP contribution in [0.25, 0.3) is 10.8 Å². The Bertz CT molecular complexity index is 1370. The number of rotatable bonds is 8. The number of hydrogen-bond acceptors (Lipinski definition) is 3. The first-order valence-electron chi connectivity index (χ1n) is 13.5. The Labute approximate surface area is 229 Å². The fourth-order valence-electron chi connectivity index (χ4n) is 5.32. The summed E-state index contributed by atoms with van der Waals surface area (Å²) in [5, 5.41) is 5.22. The van der Waals surface area contributed by atoms with E-state index in [-0.39, 0.29) is 24.5 Å². The summed E-state index contributed by atoms with van der Waals surface area (Å²) < 4.78 is 0. The lowest BCUT2D eigenvalue weighted by Crippen LogP contribution is -2.49. The molecule has 1 saturated carbocycles. The highest BCUT2D eigenvalue weighted by Gasteiger charge is 2.29. The average molecular weight is 526 g/mol. The van der Waals surface area contributed by atoms with Gasteiger partial charge in [-0.2, -0.15) is 0 Å². The first kappa shape index (κ1) is 26.0. The third-order valence-corrected chi connectivity index (χ3v) is 8.31. The molecule has 5 nitrogen and oxygen atoms in total. The van der Waals surface area contributed by atoms with Crippen molar-refractivity contribution in [1.29, 1.82) is 0 Å². The lowest BCUT2D eigenvalue weighted by atomic mass is 9.94. The van der Waals surface area contributed by atoms with Crippen LogP contribution in [0.1, 0.15) is 47.4 Å². The minimum absolute atomic E-state index is 0.0291. The van der Waals surface area contributed by atoms with Gasteiger partial charge >= 0.3 is 6.03 Å². The van der Waals surface area contributed by atoms with Gasteiger partial charge in [-0.25, -0.2) is 4.79 Å². The van der Waals surface area contributed by atoms with Gasteiger partial charge in [-0.05, 0) is 48.9 Å². The number of carbonyl (C=O) groups excluding carboxylic acids is 2. The molecule has 1 heterocycles. The zero-order valence-electron chi connectivity index (χ0n) is 21.9. The van der Waals surface area contributed by atoms with Gasteiger partial charge in [0.15, 0.2) is 0 Å². The number of anilines is 1. The molecular formula is C32H35N3O2S. The van der Waals surface area contributed by atoms with Crippen molar-refractivity contribution < 1.29 is 9.59 Å². The molecule has 1 aliphatic rings. The topological polar surface area (TPSA) is 52.7 Å². The third kappa shape index (κ3) is 6.43. The number of nitrogens with zero attached hydrogens (tertiary/aromatic N) is 2. The largest absolute Gasteiger partial charge is 0.332 e. The number of hydrogen-bond donors (Lipinski definition) is 1. The molecule has 1 N–H and O–H groups in total. The lowest BCUT2D eigenvalue weighted by molar-refractivity contribution is -0.133. The smallest absolute Gasteiger partial charge is 0.322 e. The van der Waals surface area contributed by atoms with Crippen molar-refractivity contribution in [3.05, 3.63) is 100 Å². The van der Waals surface area contributed by atoms with Crippen molar-refractivity contribution in [2.75, 3.05) is 11.9 Å². The summed E-state index contributed by atoms with van der Waals surface area (Å²) in [7, 11) is 0. The van der Waals surface area contributed by atoms with Gasteiger partial charge in [0, 0.05) is 27.7 Å². The van der Waals surface area contributed by atoms with Crippen LogP contribution >= 0.6 is 11.3 Å². The standard InChI is InChI=1S/C32H35N3O2S/c1-24-19-20-28(38-24)22-34(21-25-11-4-2-5-12-25)31(36)23-35(27-15-6-3-7-16-27)32(37)33-30-18-10-14-26-13-8-9-17-29(26)30/h2,4-5,8-14,17-20,27H,3,6-7,15-16,21-23H2,1H3,(H,33,37). The van der Waals surface area contributed by atoms with Crippen LogP contribution in [0.15, 0.2) is 84.9 Å². The van der Waals surface area contributed by atoms with E-state index in [1.54, 1.807) is 16.2 Å². The van der Waals surface area contributed by atoms with Crippen LogP contribution in [0.2, 0.25) is 0 Å². The highest BCUT2D eigenvalue weighted by molar-refractivity contribution is 7.11. The van der Waals surface area contributed by atoms with Crippen LogP contribution in [-0.4, -0.2) is 34.3 Å². The maximum Gasteiger partial charge on any atom is 0.322 e. The van der Waals surface area contributed by atoms with Crippen molar-refractivity contribution in [2.45, 2.75) is 58.2 Å². The molecule has 0 radical (unpaired) electrons. The normalized spacial score (nSPS) is 13.8. The first-order valence-corrected chi connectivity index (χ1v) is 14.3. The number of aryl methyl sites for hydroxylation is 1. The molecule has 0 aliphatic heterocycles. The third-order valence-electron chi connectivity index (χ3n) is 7.32. The maximum absolute atomic E-state index is 13.9. The Balaban J connectivity index is 1.39. The number of urea groups is 1. The predicted octanol–water partition coefficient (Wildman–Crippen LogP) is 7.61. The fraction of sp³-hybridized carbons (Fsp3) is 0.312. The molecule has 0 saturated heterocycles. The van der Waals surface area contributed by atoms with Crippen LogP contribution in [0, 0.1) is 6.92 Å². The van der Waals surface area contributed by atoms with Gasteiger partial charge in [-0.1, -0.05) is 86.0 Å².